The number of fused-ring (bicyclic) bond motifs is 1. The highest BCUT2D eigenvalue weighted by Gasteiger charge is 2.05. The number of hydrogen-bond acceptors (Lipinski definition) is 3. The van der Waals surface area contributed by atoms with Gasteiger partial charge in [-0.3, -0.25) is 9.20 Å². The highest BCUT2D eigenvalue weighted by Crippen LogP contribution is 2.26. The second-order valence-electron chi connectivity index (χ2n) is 5.22. The fourth-order valence-electron chi connectivity index (χ4n) is 2.31. The molecule has 5 heteroatoms. The Morgan fingerprint density at radius 2 is 2.00 bits per heavy atom. The zero-order chi connectivity index (χ0) is 15.7. The molecule has 0 amide bonds. The Balaban J connectivity index is 1.88. The van der Waals surface area contributed by atoms with Crippen molar-refractivity contribution in [1.82, 2.24) is 9.38 Å². The number of aromatic nitrogens is 2. The molecule has 0 aliphatic heterocycles. The molecule has 0 bridgehead atoms. The molecule has 3 rings (SSSR count). The summed E-state index contributed by atoms with van der Waals surface area (Å²) in [6.07, 6.45) is 1.59. The van der Waals surface area contributed by atoms with Crippen molar-refractivity contribution in [2.45, 2.75) is 24.5 Å². The van der Waals surface area contributed by atoms with Gasteiger partial charge in [0.05, 0.1) is 10.7 Å². The normalized spacial score (nSPS) is 11.0. The summed E-state index contributed by atoms with van der Waals surface area (Å²) in [5.41, 5.74) is 3.78. The van der Waals surface area contributed by atoms with E-state index in [4.69, 9.17) is 11.6 Å². The first-order chi connectivity index (χ1) is 10.5. The molecule has 0 radical (unpaired) electrons. The van der Waals surface area contributed by atoms with Crippen molar-refractivity contribution in [3.05, 3.63) is 74.8 Å². The van der Waals surface area contributed by atoms with Crippen LogP contribution >= 0.6 is 23.4 Å². The van der Waals surface area contributed by atoms with Gasteiger partial charge in [-0.15, -0.1) is 11.8 Å². The Kier molecular flexibility index (Phi) is 4.23. The smallest absolute Gasteiger partial charge is 0.258 e. The van der Waals surface area contributed by atoms with E-state index in [9.17, 15) is 4.79 Å². The zero-order valence-electron chi connectivity index (χ0n) is 12.3. The molecule has 0 atom stereocenters. The summed E-state index contributed by atoms with van der Waals surface area (Å²) in [5, 5.41) is 0.522. The van der Waals surface area contributed by atoms with Crippen LogP contribution in [0.25, 0.3) is 5.65 Å². The van der Waals surface area contributed by atoms with Crippen LogP contribution in [-0.4, -0.2) is 9.38 Å². The first-order valence-corrected chi connectivity index (χ1v) is 8.27. The van der Waals surface area contributed by atoms with Gasteiger partial charge in [0.1, 0.15) is 5.65 Å². The molecule has 0 spiro atoms. The van der Waals surface area contributed by atoms with Gasteiger partial charge in [-0.1, -0.05) is 29.3 Å². The zero-order valence-corrected chi connectivity index (χ0v) is 13.9. The van der Waals surface area contributed by atoms with Gasteiger partial charge >= 0.3 is 0 Å². The van der Waals surface area contributed by atoms with Crippen LogP contribution in [0, 0.1) is 13.8 Å². The molecule has 1 aromatic carbocycles. The molecule has 22 heavy (non-hydrogen) atoms. The van der Waals surface area contributed by atoms with Crippen LogP contribution in [0.5, 0.6) is 0 Å². The minimum absolute atomic E-state index is 0.108. The third-order valence-corrected chi connectivity index (χ3v) is 4.82. The molecule has 0 N–H and O–H groups in total. The van der Waals surface area contributed by atoms with Crippen LogP contribution in [0.3, 0.4) is 0 Å². The molecule has 0 fully saturated rings. The average Bonchev–Trinajstić information content (AvgIpc) is 2.47. The molecule has 3 nitrogen and oxygen atoms in total. The molecule has 0 unspecified atom stereocenters. The van der Waals surface area contributed by atoms with Crippen LogP contribution in [0.1, 0.15) is 16.8 Å². The Morgan fingerprint density at radius 1 is 1.18 bits per heavy atom. The fourth-order valence-corrected chi connectivity index (χ4v) is 3.38. The van der Waals surface area contributed by atoms with Gasteiger partial charge in [0.25, 0.3) is 5.56 Å². The topological polar surface area (TPSA) is 34.4 Å². The molecule has 0 saturated heterocycles. The van der Waals surface area contributed by atoms with E-state index < -0.39 is 0 Å². The Bertz CT molecular complexity index is 905. The predicted octanol–water partition coefficient (Wildman–Crippen LogP) is 4.26. The van der Waals surface area contributed by atoms with Gasteiger partial charge < -0.3 is 0 Å². The fraction of sp³-hybridized carbons (Fsp3) is 0.176. The molecule has 2 heterocycles. The summed E-state index contributed by atoms with van der Waals surface area (Å²) in [6.45, 7) is 4.18. The number of aryl methyl sites for hydroxylation is 2. The second kappa shape index (κ2) is 6.15. The molecular formula is C17H15ClN2OS. The van der Waals surface area contributed by atoms with E-state index in [0.29, 0.717) is 16.4 Å². The van der Waals surface area contributed by atoms with Crippen molar-refractivity contribution in [2.24, 2.45) is 0 Å². The lowest BCUT2D eigenvalue weighted by molar-refractivity contribution is 1.01. The van der Waals surface area contributed by atoms with Gasteiger partial charge in [0.15, 0.2) is 0 Å². The SMILES string of the molecule is Cc1ccc(SCc2cc(=O)n3cc(Cl)ccc3n2)c(C)c1. The lowest BCUT2D eigenvalue weighted by atomic mass is 10.2. The lowest BCUT2D eigenvalue weighted by Gasteiger charge is -2.07. The monoisotopic (exact) mass is 330 g/mol. The number of nitrogens with zero attached hydrogens (tertiary/aromatic N) is 2. The third-order valence-electron chi connectivity index (χ3n) is 3.38. The number of rotatable bonds is 3. The van der Waals surface area contributed by atoms with Crippen LogP contribution < -0.4 is 5.56 Å². The van der Waals surface area contributed by atoms with Gasteiger partial charge in [-0.05, 0) is 37.6 Å². The summed E-state index contributed by atoms with van der Waals surface area (Å²) in [5.74, 6) is 0.665. The molecule has 3 aromatic rings. The van der Waals surface area contributed by atoms with Crippen LogP contribution in [0.15, 0.2) is 52.3 Å². The van der Waals surface area contributed by atoms with Crippen molar-refractivity contribution in [3.8, 4) is 0 Å². The summed E-state index contributed by atoms with van der Waals surface area (Å²) in [4.78, 5) is 17.9. The summed E-state index contributed by atoms with van der Waals surface area (Å²) >= 11 is 7.60. The van der Waals surface area contributed by atoms with Gasteiger partial charge in [0.2, 0.25) is 0 Å². The minimum Gasteiger partial charge on any atom is -0.269 e. The average molecular weight is 331 g/mol. The van der Waals surface area contributed by atoms with Gasteiger partial charge in [-0.25, -0.2) is 4.98 Å². The van der Waals surface area contributed by atoms with Crippen molar-refractivity contribution in [3.63, 3.8) is 0 Å². The van der Waals surface area contributed by atoms with Crippen LogP contribution in [0.4, 0.5) is 0 Å². The quantitative estimate of drug-likeness (QED) is 0.673. The van der Waals surface area contributed by atoms with E-state index >= 15 is 0 Å². The maximum Gasteiger partial charge on any atom is 0.258 e. The number of hydrogen-bond donors (Lipinski definition) is 0. The van der Waals surface area contributed by atoms with Crippen molar-refractivity contribution >= 4 is 29.0 Å². The van der Waals surface area contributed by atoms with Crippen molar-refractivity contribution in [1.29, 1.82) is 0 Å². The molecule has 0 aliphatic rings. The largest absolute Gasteiger partial charge is 0.269 e. The maximum absolute atomic E-state index is 12.1. The first-order valence-electron chi connectivity index (χ1n) is 6.91. The maximum atomic E-state index is 12.1. The summed E-state index contributed by atoms with van der Waals surface area (Å²) < 4.78 is 1.47. The van der Waals surface area contributed by atoms with Crippen LogP contribution in [0.2, 0.25) is 5.02 Å². The third kappa shape index (κ3) is 3.18. The molecule has 0 aliphatic carbocycles. The second-order valence-corrected chi connectivity index (χ2v) is 6.67. The van der Waals surface area contributed by atoms with Gasteiger partial charge in [-0.2, -0.15) is 0 Å². The number of thioether (sulfide) groups is 1. The summed E-state index contributed by atoms with van der Waals surface area (Å²) in [6, 6.07) is 11.4. The highest BCUT2D eigenvalue weighted by atomic mass is 35.5. The Hall–Kier alpha value is -1.78. The van der Waals surface area contributed by atoms with E-state index in [2.05, 4.69) is 37.0 Å². The highest BCUT2D eigenvalue weighted by molar-refractivity contribution is 7.98. The number of benzene rings is 1. The van der Waals surface area contributed by atoms with E-state index in [0.717, 1.165) is 5.69 Å². The van der Waals surface area contributed by atoms with E-state index in [-0.39, 0.29) is 5.56 Å². The number of pyridine rings is 1. The summed E-state index contributed by atoms with van der Waals surface area (Å²) in [7, 11) is 0. The Morgan fingerprint density at radius 3 is 2.77 bits per heavy atom. The standard InChI is InChI=1S/C17H15ClN2OS/c1-11-3-5-15(12(2)7-11)22-10-14-8-17(21)20-9-13(18)4-6-16(20)19-14/h3-9H,10H2,1-2H3. The first kappa shape index (κ1) is 15.1. The van der Waals surface area contributed by atoms with Crippen molar-refractivity contribution in [2.75, 3.05) is 0 Å². The lowest BCUT2D eigenvalue weighted by Crippen LogP contribution is -2.15. The molecule has 0 saturated carbocycles. The predicted molar refractivity (Wildman–Crippen MR) is 91.9 cm³/mol. The minimum atomic E-state index is -0.108. The van der Waals surface area contributed by atoms with Crippen LogP contribution in [-0.2, 0) is 5.75 Å². The molecule has 112 valence electrons. The van der Waals surface area contributed by atoms with Gasteiger partial charge in [0, 0.05) is 22.9 Å². The molecular weight excluding hydrogens is 316 g/mol. The Labute approximate surface area is 138 Å². The van der Waals surface area contributed by atoms with E-state index in [1.165, 1.54) is 20.4 Å². The number of halogens is 1. The molecule has 2 aromatic heterocycles. The van der Waals surface area contributed by atoms with Crippen molar-refractivity contribution < 1.29 is 0 Å². The van der Waals surface area contributed by atoms with E-state index in [1.807, 2.05) is 0 Å². The van der Waals surface area contributed by atoms with E-state index in [1.54, 1.807) is 36.2 Å².